The summed E-state index contributed by atoms with van der Waals surface area (Å²) in [4.78, 5) is 0. The zero-order valence-corrected chi connectivity index (χ0v) is 25.6. The van der Waals surface area contributed by atoms with Gasteiger partial charge >= 0.3 is 0 Å². The topological polar surface area (TPSA) is 17.6 Å². The molecule has 3 aromatic heterocycles. The maximum atomic E-state index is 9.33. The summed E-state index contributed by atoms with van der Waals surface area (Å²) in [5.41, 5.74) is 8.10. The highest BCUT2D eigenvalue weighted by molar-refractivity contribution is 6.27. The molecule has 0 fully saturated rings. The molecule has 0 radical (unpaired) electrons. The molecular formula is C46H27NO. The van der Waals surface area contributed by atoms with E-state index in [1.165, 1.54) is 0 Å². The van der Waals surface area contributed by atoms with Gasteiger partial charge in [0.05, 0.1) is 22.0 Å². The second-order valence-electron chi connectivity index (χ2n) is 12.5. The average Bonchev–Trinajstić information content (AvgIpc) is 3.86. The summed E-state index contributed by atoms with van der Waals surface area (Å²) >= 11 is 0. The molecule has 0 aliphatic carbocycles. The number of hydrogen-bond donors (Lipinski definition) is 0. The van der Waals surface area contributed by atoms with Gasteiger partial charge < -0.3 is 8.82 Å². The lowest BCUT2D eigenvalue weighted by Gasteiger charge is -2.18. The Morgan fingerprint density at radius 2 is 0.917 bits per heavy atom. The first-order valence-corrected chi connectivity index (χ1v) is 16.2. The lowest BCUT2D eigenvalue weighted by Crippen LogP contribution is -1.91. The van der Waals surface area contributed by atoms with E-state index in [9.17, 15) is 1.37 Å². The zero-order chi connectivity index (χ0) is 34.8. The largest absolute Gasteiger partial charge is 0.455 e. The minimum Gasteiger partial charge on any atom is -0.455 e. The summed E-state index contributed by atoms with van der Waals surface area (Å²) in [7, 11) is 0. The molecule has 0 atom stereocenters. The van der Waals surface area contributed by atoms with E-state index in [2.05, 4.69) is 126 Å². The van der Waals surface area contributed by atoms with Crippen LogP contribution in [0.3, 0.4) is 0 Å². The number of rotatable bonds is 3. The molecule has 0 aliphatic rings. The summed E-state index contributed by atoms with van der Waals surface area (Å²) in [5, 5.41) is 8.85. The summed E-state index contributed by atoms with van der Waals surface area (Å²) < 4.78 is 44.9. The fraction of sp³-hybridized carbons (Fsp3) is 0. The van der Waals surface area contributed by atoms with Crippen molar-refractivity contribution in [3.63, 3.8) is 0 Å². The Hall–Kier alpha value is -6.38. The predicted molar refractivity (Wildman–Crippen MR) is 202 cm³/mol. The van der Waals surface area contributed by atoms with Crippen LogP contribution in [0.4, 0.5) is 0 Å². The molecule has 3 heterocycles. The zero-order valence-electron chi connectivity index (χ0n) is 29.6. The molecule has 48 heavy (non-hydrogen) atoms. The number of para-hydroxylation sites is 3. The molecule has 0 amide bonds. The maximum absolute atomic E-state index is 9.33. The van der Waals surface area contributed by atoms with Crippen LogP contribution in [0, 0.1) is 0 Å². The van der Waals surface area contributed by atoms with Crippen molar-refractivity contribution in [2.45, 2.75) is 0 Å². The van der Waals surface area contributed by atoms with Crippen molar-refractivity contribution < 1.29 is 9.90 Å². The van der Waals surface area contributed by atoms with Crippen molar-refractivity contribution >= 4 is 70.6 Å². The average molecular weight is 614 g/mol. The Bertz CT molecular complexity index is 3150. The SMILES string of the molecule is [2H]c1c([2H])c([2H])c2c(-c3c4ccccc4c(-c4ccccc4)c4ccccc34)c(-c3cc4c5ccccc5n5c6ccccc6c(c3)c45)oc2c1[2H]. The van der Waals surface area contributed by atoms with Gasteiger partial charge in [-0.05, 0) is 63.0 Å². The smallest absolute Gasteiger partial charge is 0.143 e. The van der Waals surface area contributed by atoms with Crippen molar-refractivity contribution in [3.8, 4) is 33.6 Å². The third kappa shape index (κ3) is 3.36. The van der Waals surface area contributed by atoms with E-state index in [0.29, 0.717) is 16.7 Å². The van der Waals surface area contributed by atoms with Gasteiger partial charge in [-0.3, -0.25) is 0 Å². The number of aromatic nitrogens is 1. The number of fused-ring (bicyclic) bond motifs is 9. The summed E-state index contributed by atoms with van der Waals surface area (Å²) in [6.45, 7) is 0. The van der Waals surface area contributed by atoms with Crippen molar-refractivity contribution in [1.29, 1.82) is 0 Å². The van der Waals surface area contributed by atoms with Gasteiger partial charge in [0.1, 0.15) is 11.3 Å². The van der Waals surface area contributed by atoms with E-state index in [4.69, 9.17) is 8.53 Å². The van der Waals surface area contributed by atoms with Gasteiger partial charge in [-0.15, -0.1) is 0 Å². The van der Waals surface area contributed by atoms with Crippen molar-refractivity contribution in [2.24, 2.45) is 0 Å². The van der Waals surface area contributed by atoms with Crippen LogP contribution in [0.25, 0.3) is 104 Å². The van der Waals surface area contributed by atoms with Crippen molar-refractivity contribution in [2.75, 3.05) is 0 Å². The molecule has 0 bridgehead atoms. The van der Waals surface area contributed by atoms with Gasteiger partial charge in [-0.1, -0.05) is 133 Å². The molecule has 0 unspecified atom stereocenters. The van der Waals surface area contributed by atoms with Crippen LogP contribution >= 0.6 is 0 Å². The summed E-state index contributed by atoms with van der Waals surface area (Å²) in [6, 6.07) is 47.4. The summed E-state index contributed by atoms with van der Waals surface area (Å²) in [6.07, 6.45) is 0. The van der Waals surface area contributed by atoms with Crippen molar-refractivity contribution in [3.05, 3.63) is 164 Å². The number of hydrogen-bond acceptors (Lipinski definition) is 1. The Morgan fingerprint density at radius 1 is 0.417 bits per heavy atom. The van der Waals surface area contributed by atoms with Crippen LogP contribution < -0.4 is 0 Å². The molecule has 222 valence electrons. The molecule has 0 N–H and O–H groups in total. The predicted octanol–water partition coefficient (Wildman–Crippen LogP) is 12.9. The van der Waals surface area contributed by atoms with Gasteiger partial charge in [0.15, 0.2) is 0 Å². The highest BCUT2D eigenvalue weighted by Gasteiger charge is 2.26. The second kappa shape index (κ2) is 9.57. The standard InChI is InChI=1S/C46H27NO/c1-2-14-28(15-3-1)42-32-18-4-6-20-34(32)43(35-21-7-5-19-33(35)42)44-36-22-10-13-25-41(36)48-46(44)29-26-37-30-16-8-11-23-39(30)47-40-24-12-9-17-31(40)38(27-29)45(37)47/h1-27H/i10D,13D,22D,25D. The van der Waals surface area contributed by atoms with Crippen LogP contribution in [0.5, 0.6) is 0 Å². The first-order chi connectivity index (χ1) is 25.5. The quantitative estimate of drug-likeness (QED) is 0.181. The third-order valence-electron chi connectivity index (χ3n) is 10.0. The number of furan rings is 1. The highest BCUT2D eigenvalue weighted by atomic mass is 16.3. The lowest BCUT2D eigenvalue weighted by molar-refractivity contribution is 0.633. The fourth-order valence-electron chi connectivity index (χ4n) is 8.16. The van der Waals surface area contributed by atoms with Crippen LogP contribution in [0.1, 0.15) is 5.48 Å². The lowest BCUT2D eigenvalue weighted by atomic mass is 9.84. The van der Waals surface area contributed by atoms with Crippen LogP contribution in [0.15, 0.2) is 168 Å². The van der Waals surface area contributed by atoms with Gasteiger partial charge in [0, 0.05) is 43.6 Å². The maximum Gasteiger partial charge on any atom is 0.143 e. The van der Waals surface area contributed by atoms with E-state index in [0.717, 1.165) is 81.9 Å². The first kappa shape index (κ1) is 22.2. The molecule has 0 spiro atoms. The number of benzene rings is 8. The monoisotopic (exact) mass is 613 g/mol. The first-order valence-electron chi connectivity index (χ1n) is 18.2. The third-order valence-corrected chi connectivity index (χ3v) is 10.0. The molecule has 8 aromatic carbocycles. The fourth-order valence-corrected chi connectivity index (χ4v) is 8.16. The van der Waals surface area contributed by atoms with Gasteiger partial charge in [-0.2, -0.15) is 0 Å². The van der Waals surface area contributed by atoms with Crippen molar-refractivity contribution in [1.82, 2.24) is 4.40 Å². The molecule has 0 aliphatic heterocycles. The van der Waals surface area contributed by atoms with Crippen LogP contribution in [0.2, 0.25) is 0 Å². The van der Waals surface area contributed by atoms with Gasteiger partial charge in [0.2, 0.25) is 0 Å². The molecule has 11 aromatic rings. The van der Waals surface area contributed by atoms with E-state index < -0.39 is 0 Å². The van der Waals surface area contributed by atoms with E-state index in [1.54, 1.807) is 0 Å². The molecular weight excluding hydrogens is 583 g/mol. The molecule has 0 saturated carbocycles. The minimum atomic E-state index is -0.315. The molecule has 0 saturated heterocycles. The second-order valence-corrected chi connectivity index (χ2v) is 12.5. The highest BCUT2D eigenvalue weighted by Crippen LogP contribution is 2.51. The molecule has 11 rings (SSSR count). The van der Waals surface area contributed by atoms with Crippen LogP contribution in [-0.2, 0) is 0 Å². The van der Waals surface area contributed by atoms with Crippen LogP contribution in [-0.4, -0.2) is 4.40 Å². The minimum absolute atomic E-state index is 0.117. The van der Waals surface area contributed by atoms with E-state index >= 15 is 0 Å². The Kier molecular flexibility index (Phi) is 4.43. The summed E-state index contributed by atoms with van der Waals surface area (Å²) in [5.74, 6) is 0.518. The molecule has 2 heteroatoms. The van der Waals surface area contributed by atoms with E-state index in [-0.39, 0.29) is 29.8 Å². The number of nitrogens with zero attached hydrogens (tertiary/aromatic N) is 1. The normalized spacial score (nSPS) is 13.3. The Balaban J connectivity index is 1.36. The Labute approximate surface area is 281 Å². The Morgan fingerprint density at radius 3 is 1.52 bits per heavy atom. The molecule has 2 nitrogen and oxygen atoms in total. The van der Waals surface area contributed by atoms with Gasteiger partial charge in [0.25, 0.3) is 0 Å². The van der Waals surface area contributed by atoms with Gasteiger partial charge in [-0.25, -0.2) is 0 Å². The van der Waals surface area contributed by atoms with E-state index in [1.807, 2.05) is 18.2 Å².